The van der Waals surface area contributed by atoms with Crippen molar-refractivity contribution in [3.05, 3.63) is 63.7 Å². The van der Waals surface area contributed by atoms with Gasteiger partial charge in [-0.05, 0) is 18.6 Å². The quantitative estimate of drug-likeness (QED) is 0.517. The smallest absolute Gasteiger partial charge is 0.270 e. The summed E-state index contributed by atoms with van der Waals surface area (Å²) in [5, 5.41) is 11.9. The third-order valence-corrected chi connectivity index (χ3v) is 5.78. The fourth-order valence-corrected chi connectivity index (χ4v) is 4.37. The van der Waals surface area contributed by atoms with Gasteiger partial charge in [-0.1, -0.05) is 41.2 Å². The van der Waals surface area contributed by atoms with Crippen LogP contribution in [-0.2, 0) is 6.54 Å². The molecule has 1 aliphatic rings. The minimum Gasteiger partial charge on any atom is -0.345 e. The molecule has 1 saturated heterocycles. The SMILES string of the molecule is Cc1cccc(CN2CCN(c3nc4ccc([N+](=O)[O-])cc4s3)CC2)c1. The Morgan fingerprint density at radius 3 is 2.69 bits per heavy atom. The van der Waals surface area contributed by atoms with Crippen LogP contribution in [0.25, 0.3) is 10.2 Å². The number of nitrogens with zero attached hydrogens (tertiary/aromatic N) is 4. The molecule has 1 aliphatic heterocycles. The van der Waals surface area contributed by atoms with Gasteiger partial charge < -0.3 is 4.90 Å². The molecule has 0 bridgehead atoms. The summed E-state index contributed by atoms with van der Waals surface area (Å²) in [5.41, 5.74) is 3.60. The lowest BCUT2D eigenvalue weighted by Gasteiger charge is -2.34. The number of hydrogen-bond donors (Lipinski definition) is 0. The van der Waals surface area contributed by atoms with E-state index in [4.69, 9.17) is 0 Å². The van der Waals surface area contributed by atoms with E-state index < -0.39 is 0 Å². The third kappa shape index (κ3) is 3.54. The third-order valence-electron chi connectivity index (χ3n) is 4.70. The van der Waals surface area contributed by atoms with Crippen LogP contribution in [0.2, 0.25) is 0 Å². The zero-order valence-electron chi connectivity index (χ0n) is 14.6. The molecule has 3 aromatic rings. The monoisotopic (exact) mass is 368 g/mol. The minimum atomic E-state index is -0.358. The normalized spacial score (nSPS) is 15.5. The lowest BCUT2D eigenvalue weighted by atomic mass is 10.1. The van der Waals surface area contributed by atoms with E-state index in [1.807, 2.05) is 0 Å². The van der Waals surface area contributed by atoms with Gasteiger partial charge in [0.2, 0.25) is 0 Å². The van der Waals surface area contributed by atoms with E-state index in [0.717, 1.165) is 48.1 Å². The highest BCUT2D eigenvalue weighted by atomic mass is 32.1. The number of non-ortho nitro benzene ring substituents is 1. The van der Waals surface area contributed by atoms with Crippen molar-refractivity contribution in [2.24, 2.45) is 0 Å². The van der Waals surface area contributed by atoms with Gasteiger partial charge in [-0.3, -0.25) is 15.0 Å². The van der Waals surface area contributed by atoms with E-state index >= 15 is 0 Å². The second-order valence-electron chi connectivity index (χ2n) is 6.66. The van der Waals surface area contributed by atoms with E-state index in [0.29, 0.717) is 0 Å². The number of fused-ring (bicyclic) bond motifs is 1. The molecule has 2 heterocycles. The topological polar surface area (TPSA) is 62.5 Å². The summed E-state index contributed by atoms with van der Waals surface area (Å²) in [5.74, 6) is 0. The van der Waals surface area contributed by atoms with Crippen LogP contribution in [-0.4, -0.2) is 41.0 Å². The number of thiazole rings is 1. The lowest BCUT2D eigenvalue weighted by Crippen LogP contribution is -2.45. The molecule has 0 saturated carbocycles. The van der Waals surface area contributed by atoms with Crippen LogP contribution in [0.4, 0.5) is 10.8 Å². The molecule has 1 aromatic heterocycles. The van der Waals surface area contributed by atoms with Crippen LogP contribution in [0.3, 0.4) is 0 Å². The molecule has 1 fully saturated rings. The number of aryl methyl sites for hydroxylation is 1. The van der Waals surface area contributed by atoms with Gasteiger partial charge in [0, 0.05) is 44.9 Å². The average Bonchev–Trinajstić information content (AvgIpc) is 3.05. The van der Waals surface area contributed by atoms with Crippen molar-refractivity contribution in [1.29, 1.82) is 0 Å². The van der Waals surface area contributed by atoms with Gasteiger partial charge in [0.1, 0.15) is 0 Å². The van der Waals surface area contributed by atoms with Gasteiger partial charge in [-0.25, -0.2) is 4.98 Å². The maximum atomic E-state index is 10.9. The van der Waals surface area contributed by atoms with Gasteiger partial charge in [0.05, 0.1) is 15.1 Å². The van der Waals surface area contributed by atoms with Crippen molar-refractivity contribution in [2.75, 3.05) is 31.1 Å². The van der Waals surface area contributed by atoms with E-state index in [2.05, 4.69) is 46.0 Å². The molecule has 0 radical (unpaired) electrons. The molecule has 0 spiro atoms. The van der Waals surface area contributed by atoms with E-state index in [-0.39, 0.29) is 10.6 Å². The van der Waals surface area contributed by atoms with Gasteiger partial charge in [0.15, 0.2) is 5.13 Å². The average molecular weight is 368 g/mol. The maximum Gasteiger partial charge on any atom is 0.270 e. The Morgan fingerprint density at radius 1 is 1.15 bits per heavy atom. The predicted molar refractivity (Wildman–Crippen MR) is 105 cm³/mol. The predicted octanol–water partition coefficient (Wildman–Crippen LogP) is 3.84. The number of rotatable bonds is 4. The van der Waals surface area contributed by atoms with E-state index in [9.17, 15) is 10.1 Å². The molecule has 134 valence electrons. The Bertz CT molecular complexity index is 948. The van der Waals surface area contributed by atoms with Crippen molar-refractivity contribution in [1.82, 2.24) is 9.88 Å². The Labute approximate surface area is 155 Å². The summed E-state index contributed by atoms with van der Waals surface area (Å²) in [4.78, 5) is 20.0. The molecule has 2 aromatic carbocycles. The molecule has 0 N–H and O–H groups in total. The number of nitro groups is 1. The number of nitro benzene ring substituents is 1. The summed E-state index contributed by atoms with van der Waals surface area (Å²) in [6.07, 6.45) is 0. The molecule has 26 heavy (non-hydrogen) atoms. The Morgan fingerprint density at radius 2 is 1.96 bits per heavy atom. The molecule has 0 aliphatic carbocycles. The van der Waals surface area contributed by atoms with Crippen molar-refractivity contribution < 1.29 is 4.92 Å². The molecule has 0 amide bonds. The summed E-state index contributed by atoms with van der Waals surface area (Å²) in [7, 11) is 0. The highest BCUT2D eigenvalue weighted by Crippen LogP contribution is 2.31. The second-order valence-corrected chi connectivity index (χ2v) is 7.67. The fourth-order valence-electron chi connectivity index (χ4n) is 3.32. The van der Waals surface area contributed by atoms with Crippen LogP contribution >= 0.6 is 11.3 Å². The van der Waals surface area contributed by atoms with Gasteiger partial charge in [0.25, 0.3) is 5.69 Å². The van der Waals surface area contributed by atoms with Crippen LogP contribution in [0.5, 0.6) is 0 Å². The number of piperazine rings is 1. The van der Waals surface area contributed by atoms with Crippen LogP contribution in [0.1, 0.15) is 11.1 Å². The van der Waals surface area contributed by atoms with Crippen molar-refractivity contribution >= 4 is 32.4 Å². The number of hydrogen-bond acceptors (Lipinski definition) is 6. The number of benzene rings is 2. The molecule has 0 unspecified atom stereocenters. The Balaban J connectivity index is 1.43. The van der Waals surface area contributed by atoms with E-state index in [1.54, 1.807) is 12.1 Å². The Kier molecular flexibility index (Phi) is 4.57. The van der Waals surface area contributed by atoms with Gasteiger partial charge >= 0.3 is 0 Å². The van der Waals surface area contributed by atoms with Crippen LogP contribution < -0.4 is 4.90 Å². The minimum absolute atomic E-state index is 0.121. The number of anilines is 1. The first-order valence-electron chi connectivity index (χ1n) is 8.66. The summed E-state index contributed by atoms with van der Waals surface area (Å²) < 4.78 is 0.872. The second kappa shape index (κ2) is 7.01. The summed E-state index contributed by atoms with van der Waals surface area (Å²) in [6, 6.07) is 13.5. The molecule has 7 heteroatoms. The summed E-state index contributed by atoms with van der Waals surface area (Å²) >= 11 is 1.53. The van der Waals surface area contributed by atoms with Crippen LogP contribution in [0, 0.1) is 17.0 Å². The van der Waals surface area contributed by atoms with Gasteiger partial charge in [-0.15, -0.1) is 0 Å². The van der Waals surface area contributed by atoms with Crippen molar-refractivity contribution in [3.63, 3.8) is 0 Å². The first kappa shape index (κ1) is 16.9. The van der Waals surface area contributed by atoms with Crippen molar-refractivity contribution in [3.8, 4) is 0 Å². The summed E-state index contributed by atoms with van der Waals surface area (Å²) in [6.45, 7) is 6.93. The molecular weight excluding hydrogens is 348 g/mol. The fraction of sp³-hybridized carbons (Fsp3) is 0.316. The standard InChI is InChI=1S/C19H20N4O2S/c1-14-3-2-4-15(11-14)13-21-7-9-22(10-8-21)19-20-17-6-5-16(23(24)25)12-18(17)26-19/h2-6,11-12H,7-10,13H2,1H3. The first-order chi connectivity index (χ1) is 12.6. The Hall–Kier alpha value is -2.51. The molecular formula is C19H20N4O2S. The first-order valence-corrected chi connectivity index (χ1v) is 9.48. The van der Waals surface area contributed by atoms with Crippen molar-refractivity contribution in [2.45, 2.75) is 13.5 Å². The molecule has 6 nitrogen and oxygen atoms in total. The maximum absolute atomic E-state index is 10.9. The van der Waals surface area contributed by atoms with Gasteiger partial charge in [-0.2, -0.15) is 0 Å². The largest absolute Gasteiger partial charge is 0.345 e. The highest BCUT2D eigenvalue weighted by Gasteiger charge is 2.20. The zero-order valence-corrected chi connectivity index (χ0v) is 15.4. The van der Waals surface area contributed by atoms with E-state index in [1.165, 1.54) is 28.5 Å². The lowest BCUT2D eigenvalue weighted by molar-refractivity contribution is -0.384. The molecule has 4 rings (SSSR count). The van der Waals surface area contributed by atoms with Crippen LogP contribution in [0.15, 0.2) is 42.5 Å². The number of aromatic nitrogens is 1. The zero-order chi connectivity index (χ0) is 18.1. The molecule has 0 atom stereocenters. The highest BCUT2D eigenvalue weighted by molar-refractivity contribution is 7.22.